The molecule has 0 aliphatic rings. The number of thiophene rings is 1. The van der Waals surface area contributed by atoms with Crippen LogP contribution in [0.3, 0.4) is 0 Å². The van der Waals surface area contributed by atoms with Crippen LogP contribution in [0.1, 0.15) is 28.4 Å². The van der Waals surface area contributed by atoms with Crippen LogP contribution in [0.2, 0.25) is 0 Å². The third-order valence-corrected chi connectivity index (χ3v) is 4.71. The van der Waals surface area contributed by atoms with Gasteiger partial charge in [-0.2, -0.15) is 0 Å². The van der Waals surface area contributed by atoms with Crippen molar-refractivity contribution in [1.29, 1.82) is 0 Å². The Bertz CT molecular complexity index is 650. The molecule has 0 unspecified atom stereocenters. The predicted molar refractivity (Wildman–Crippen MR) is 96.5 cm³/mol. The van der Waals surface area contributed by atoms with Gasteiger partial charge in [0.25, 0.3) is 5.91 Å². The minimum absolute atomic E-state index is 0.0115. The molecule has 124 valence electrons. The zero-order valence-corrected chi connectivity index (χ0v) is 14.9. The van der Waals surface area contributed by atoms with Gasteiger partial charge in [-0.25, -0.2) is 0 Å². The molecule has 2 aromatic rings. The molecule has 0 saturated heterocycles. The van der Waals surface area contributed by atoms with Crippen molar-refractivity contribution in [1.82, 2.24) is 10.6 Å². The number of hydrogen-bond acceptors (Lipinski definition) is 4. The summed E-state index contributed by atoms with van der Waals surface area (Å²) in [5.41, 5.74) is 2.20. The second-order valence-corrected chi connectivity index (χ2v) is 6.73. The normalized spacial score (nSPS) is 12.0. The summed E-state index contributed by atoms with van der Waals surface area (Å²) >= 11 is 1.53. The van der Waals surface area contributed by atoms with Crippen molar-refractivity contribution < 1.29 is 9.53 Å². The molecule has 0 fully saturated rings. The Labute approximate surface area is 141 Å². The summed E-state index contributed by atoms with van der Waals surface area (Å²) in [6.45, 7) is 7.69. The monoisotopic (exact) mass is 332 g/mol. The maximum atomic E-state index is 12.3. The van der Waals surface area contributed by atoms with Crippen molar-refractivity contribution in [2.75, 3.05) is 20.2 Å². The van der Waals surface area contributed by atoms with E-state index in [9.17, 15) is 4.79 Å². The van der Waals surface area contributed by atoms with Crippen molar-refractivity contribution in [2.45, 2.75) is 26.8 Å². The van der Waals surface area contributed by atoms with Gasteiger partial charge in [-0.3, -0.25) is 4.79 Å². The summed E-state index contributed by atoms with van der Waals surface area (Å²) in [6, 6.07) is 10.1. The number of benzene rings is 1. The number of carbonyl (C=O) groups excluding carboxylic acids is 1. The molecular weight excluding hydrogens is 308 g/mol. The van der Waals surface area contributed by atoms with Gasteiger partial charge in [0, 0.05) is 17.5 Å². The van der Waals surface area contributed by atoms with Crippen LogP contribution in [-0.4, -0.2) is 32.1 Å². The van der Waals surface area contributed by atoms with E-state index < -0.39 is 0 Å². The summed E-state index contributed by atoms with van der Waals surface area (Å²) in [5.74, 6) is 0.819. The molecule has 1 atom stereocenters. The van der Waals surface area contributed by atoms with Crippen LogP contribution >= 0.6 is 11.3 Å². The third kappa shape index (κ3) is 4.56. The lowest BCUT2D eigenvalue weighted by Gasteiger charge is -2.12. The van der Waals surface area contributed by atoms with Gasteiger partial charge < -0.3 is 15.4 Å². The third-order valence-electron chi connectivity index (χ3n) is 3.66. The van der Waals surface area contributed by atoms with Gasteiger partial charge in [0.1, 0.15) is 5.75 Å². The maximum Gasteiger partial charge on any atom is 0.261 e. The number of amides is 1. The van der Waals surface area contributed by atoms with E-state index in [0.717, 1.165) is 33.2 Å². The van der Waals surface area contributed by atoms with Crippen LogP contribution in [0.25, 0.3) is 11.1 Å². The Hall–Kier alpha value is -1.85. The molecule has 0 spiro atoms. The minimum Gasteiger partial charge on any atom is -0.497 e. The molecule has 0 aliphatic heterocycles. The first-order valence-corrected chi connectivity index (χ1v) is 8.63. The average molecular weight is 332 g/mol. The van der Waals surface area contributed by atoms with E-state index in [1.54, 1.807) is 7.11 Å². The highest BCUT2D eigenvalue weighted by molar-refractivity contribution is 7.14. The Morgan fingerprint density at radius 3 is 2.61 bits per heavy atom. The number of aryl methyl sites for hydroxylation is 1. The number of methoxy groups -OCH3 is 1. The highest BCUT2D eigenvalue weighted by Gasteiger charge is 2.14. The van der Waals surface area contributed by atoms with Gasteiger partial charge in [0.05, 0.1) is 12.0 Å². The van der Waals surface area contributed by atoms with Gasteiger partial charge in [0.15, 0.2) is 0 Å². The molecule has 5 heteroatoms. The number of rotatable bonds is 7. The van der Waals surface area contributed by atoms with Gasteiger partial charge in [-0.1, -0.05) is 19.1 Å². The zero-order chi connectivity index (χ0) is 16.8. The lowest BCUT2D eigenvalue weighted by atomic mass is 10.1. The Morgan fingerprint density at radius 1 is 1.30 bits per heavy atom. The van der Waals surface area contributed by atoms with E-state index in [2.05, 4.69) is 24.5 Å². The van der Waals surface area contributed by atoms with Crippen molar-refractivity contribution in [3.8, 4) is 16.9 Å². The molecule has 1 heterocycles. The van der Waals surface area contributed by atoms with Crippen LogP contribution < -0.4 is 15.4 Å². The highest BCUT2D eigenvalue weighted by Crippen LogP contribution is 2.31. The summed E-state index contributed by atoms with van der Waals surface area (Å²) < 4.78 is 5.19. The fourth-order valence-electron chi connectivity index (χ4n) is 2.40. The van der Waals surface area contributed by atoms with Crippen LogP contribution in [0.4, 0.5) is 0 Å². The fourth-order valence-corrected chi connectivity index (χ4v) is 3.36. The summed E-state index contributed by atoms with van der Waals surface area (Å²) in [7, 11) is 1.65. The molecule has 1 aromatic carbocycles. The molecule has 0 radical (unpaired) electrons. The summed E-state index contributed by atoms with van der Waals surface area (Å²) in [4.78, 5) is 14.2. The number of likely N-dealkylation sites (N-methyl/N-ethyl adjacent to an activating group) is 1. The molecule has 23 heavy (non-hydrogen) atoms. The highest BCUT2D eigenvalue weighted by atomic mass is 32.1. The van der Waals surface area contributed by atoms with Crippen LogP contribution in [0.5, 0.6) is 5.75 Å². The smallest absolute Gasteiger partial charge is 0.261 e. The van der Waals surface area contributed by atoms with Crippen molar-refractivity contribution >= 4 is 17.2 Å². The van der Waals surface area contributed by atoms with Gasteiger partial charge in [-0.15, -0.1) is 11.3 Å². The Balaban J connectivity index is 2.09. The maximum absolute atomic E-state index is 12.3. The molecule has 1 amide bonds. The summed E-state index contributed by atoms with van der Waals surface area (Å²) in [6.07, 6.45) is 0. The molecule has 0 saturated carbocycles. The molecule has 2 rings (SSSR count). The number of carbonyl (C=O) groups is 1. The minimum atomic E-state index is -0.0115. The van der Waals surface area contributed by atoms with Gasteiger partial charge >= 0.3 is 0 Å². The first-order valence-electron chi connectivity index (χ1n) is 7.81. The number of nitrogens with one attached hydrogen (secondary N) is 2. The lowest BCUT2D eigenvalue weighted by molar-refractivity contribution is 0.0954. The molecular formula is C18H24N2O2S. The van der Waals surface area contributed by atoms with E-state index in [-0.39, 0.29) is 11.9 Å². The first-order chi connectivity index (χ1) is 11.0. The predicted octanol–water partition coefficient (Wildman–Crippen LogP) is 3.46. The van der Waals surface area contributed by atoms with Crippen molar-refractivity contribution in [2.24, 2.45) is 0 Å². The van der Waals surface area contributed by atoms with Crippen LogP contribution in [0.15, 0.2) is 30.3 Å². The molecule has 0 bridgehead atoms. The molecule has 1 aromatic heterocycles. The van der Waals surface area contributed by atoms with Crippen LogP contribution in [-0.2, 0) is 0 Å². The largest absolute Gasteiger partial charge is 0.497 e. The standard InChI is InChI=1S/C18H24N2O2S/c1-5-19-12(2)11-20-18(21)17-10-16(13(3)23-17)14-6-8-15(22-4)9-7-14/h6-10,12,19H,5,11H2,1-4H3,(H,20,21)/t12-/m1/s1. The average Bonchev–Trinajstić information content (AvgIpc) is 2.95. The second kappa shape index (κ2) is 8.13. The number of ether oxygens (including phenoxy) is 1. The Kier molecular flexibility index (Phi) is 6.19. The van der Waals surface area contributed by atoms with E-state index in [1.807, 2.05) is 37.3 Å². The SMILES string of the molecule is CCN[C@H](C)CNC(=O)c1cc(-c2ccc(OC)cc2)c(C)s1. The van der Waals surface area contributed by atoms with E-state index in [1.165, 1.54) is 11.3 Å². The van der Waals surface area contributed by atoms with Gasteiger partial charge in [-0.05, 0) is 49.7 Å². The van der Waals surface area contributed by atoms with Gasteiger partial charge in [0.2, 0.25) is 0 Å². The molecule has 2 N–H and O–H groups in total. The van der Waals surface area contributed by atoms with Crippen molar-refractivity contribution in [3.05, 3.63) is 40.1 Å². The van der Waals surface area contributed by atoms with Crippen molar-refractivity contribution in [3.63, 3.8) is 0 Å². The topological polar surface area (TPSA) is 50.4 Å². The molecule has 0 aliphatic carbocycles. The lowest BCUT2D eigenvalue weighted by Crippen LogP contribution is -2.38. The summed E-state index contributed by atoms with van der Waals surface area (Å²) in [5, 5.41) is 6.27. The quantitative estimate of drug-likeness (QED) is 0.816. The van der Waals surface area contributed by atoms with Crippen LogP contribution in [0, 0.1) is 6.92 Å². The fraction of sp³-hybridized carbons (Fsp3) is 0.389. The van der Waals surface area contributed by atoms with E-state index >= 15 is 0 Å². The second-order valence-electron chi connectivity index (χ2n) is 5.48. The Morgan fingerprint density at radius 2 is 2.00 bits per heavy atom. The first kappa shape index (κ1) is 17.5. The van der Waals surface area contributed by atoms with E-state index in [0.29, 0.717) is 6.54 Å². The van der Waals surface area contributed by atoms with E-state index in [4.69, 9.17) is 4.74 Å². The number of hydrogen-bond donors (Lipinski definition) is 2. The molecule has 4 nitrogen and oxygen atoms in total. The zero-order valence-electron chi connectivity index (χ0n) is 14.1.